The molecule has 1 rings (SSSR count). The normalized spacial score (nSPS) is 27.5. The molecular formula is C11H23NO2S. The van der Waals surface area contributed by atoms with E-state index in [1.54, 1.807) is 0 Å². The van der Waals surface area contributed by atoms with Crippen molar-refractivity contribution >= 4 is 9.84 Å². The number of rotatable bonds is 5. The predicted molar refractivity (Wildman–Crippen MR) is 63.8 cm³/mol. The minimum Gasteiger partial charge on any atom is -0.314 e. The Kier molecular flexibility index (Phi) is 5.06. The summed E-state index contributed by atoms with van der Waals surface area (Å²) in [5, 5.41) is 3.46. The molecule has 1 aliphatic heterocycles. The zero-order valence-corrected chi connectivity index (χ0v) is 10.6. The maximum atomic E-state index is 11.5. The average Bonchev–Trinajstić information content (AvgIpc) is 2.17. The van der Waals surface area contributed by atoms with Crippen molar-refractivity contribution in [3.8, 4) is 0 Å². The molecule has 0 bridgehead atoms. The van der Waals surface area contributed by atoms with Gasteiger partial charge in [0.1, 0.15) is 0 Å². The van der Waals surface area contributed by atoms with Crippen molar-refractivity contribution in [3.63, 3.8) is 0 Å². The molecule has 0 aliphatic carbocycles. The topological polar surface area (TPSA) is 46.2 Å². The van der Waals surface area contributed by atoms with Crippen LogP contribution in [0.5, 0.6) is 0 Å². The number of hydrogen-bond donors (Lipinski definition) is 1. The molecule has 1 N–H and O–H groups in total. The van der Waals surface area contributed by atoms with Gasteiger partial charge in [-0.2, -0.15) is 0 Å². The van der Waals surface area contributed by atoms with Gasteiger partial charge in [-0.25, -0.2) is 8.42 Å². The van der Waals surface area contributed by atoms with Crippen LogP contribution in [0.2, 0.25) is 0 Å². The summed E-state index contributed by atoms with van der Waals surface area (Å²) in [6.45, 7) is 5.26. The minimum absolute atomic E-state index is 0.334. The van der Waals surface area contributed by atoms with Gasteiger partial charge >= 0.3 is 0 Å². The van der Waals surface area contributed by atoms with Crippen LogP contribution < -0.4 is 5.32 Å². The highest BCUT2D eigenvalue weighted by Gasteiger charge is 2.29. The molecule has 2 unspecified atom stereocenters. The van der Waals surface area contributed by atoms with Gasteiger partial charge in [0.2, 0.25) is 0 Å². The standard InChI is InChI=1S/C11H23NO2S/c1-3-7-12-11(4-2)10-6-5-8-15(13,14)9-10/h10-12H,3-9H2,1-2H3. The van der Waals surface area contributed by atoms with E-state index in [4.69, 9.17) is 0 Å². The summed E-state index contributed by atoms with van der Waals surface area (Å²) < 4.78 is 23.1. The monoisotopic (exact) mass is 233 g/mol. The lowest BCUT2D eigenvalue weighted by Crippen LogP contribution is -2.42. The van der Waals surface area contributed by atoms with Crippen LogP contribution in [0.1, 0.15) is 39.5 Å². The van der Waals surface area contributed by atoms with E-state index < -0.39 is 9.84 Å². The second-order valence-corrected chi connectivity index (χ2v) is 6.71. The first-order chi connectivity index (χ1) is 7.09. The van der Waals surface area contributed by atoms with Crippen LogP contribution in [0.4, 0.5) is 0 Å². The maximum absolute atomic E-state index is 11.5. The van der Waals surface area contributed by atoms with Crippen LogP contribution in [0, 0.1) is 5.92 Å². The Balaban J connectivity index is 2.52. The first-order valence-corrected chi connectivity index (χ1v) is 7.85. The molecule has 0 aromatic rings. The quantitative estimate of drug-likeness (QED) is 0.784. The Morgan fingerprint density at radius 3 is 2.67 bits per heavy atom. The predicted octanol–water partition coefficient (Wildman–Crippen LogP) is 1.59. The summed E-state index contributed by atoms with van der Waals surface area (Å²) in [4.78, 5) is 0. The van der Waals surface area contributed by atoms with Gasteiger partial charge in [0, 0.05) is 6.04 Å². The molecular weight excluding hydrogens is 210 g/mol. The van der Waals surface area contributed by atoms with Crippen LogP contribution in [0.3, 0.4) is 0 Å². The smallest absolute Gasteiger partial charge is 0.150 e. The summed E-state index contributed by atoms with van der Waals surface area (Å²) in [5.41, 5.74) is 0. The van der Waals surface area contributed by atoms with Crippen molar-refractivity contribution < 1.29 is 8.42 Å². The number of sulfone groups is 1. The zero-order chi connectivity index (χ0) is 11.3. The van der Waals surface area contributed by atoms with Gasteiger partial charge in [-0.15, -0.1) is 0 Å². The van der Waals surface area contributed by atoms with E-state index in [1.807, 2.05) is 0 Å². The third kappa shape index (κ3) is 4.11. The molecule has 0 aromatic heterocycles. The summed E-state index contributed by atoms with van der Waals surface area (Å²) in [7, 11) is -2.75. The fourth-order valence-corrected chi connectivity index (χ4v) is 4.17. The van der Waals surface area contributed by atoms with Crippen molar-refractivity contribution in [1.29, 1.82) is 0 Å². The van der Waals surface area contributed by atoms with E-state index in [0.717, 1.165) is 32.2 Å². The molecule has 90 valence electrons. The number of hydrogen-bond acceptors (Lipinski definition) is 3. The summed E-state index contributed by atoms with van der Waals surface area (Å²) in [5.74, 6) is 1.12. The Bertz CT molecular complexity index is 274. The van der Waals surface area contributed by atoms with Gasteiger partial charge in [0.05, 0.1) is 11.5 Å². The SMILES string of the molecule is CCCNC(CC)C1CCCS(=O)(=O)C1. The van der Waals surface area contributed by atoms with Crippen molar-refractivity contribution in [1.82, 2.24) is 5.32 Å². The van der Waals surface area contributed by atoms with Gasteiger partial charge in [-0.05, 0) is 38.1 Å². The first-order valence-electron chi connectivity index (χ1n) is 6.03. The van der Waals surface area contributed by atoms with Gasteiger partial charge < -0.3 is 5.32 Å². The fraction of sp³-hybridized carbons (Fsp3) is 1.00. The van der Waals surface area contributed by atoms with E-state index in [9.17, 15) is 8.42 Å². The van der Waals surface area contributed by atoms with Gasteiger partial charge in [-0.1, -0.05) is 13.8 Å². The second kappa shape index (κ2) is 5.85. The molecule has 1 heterocycles. The van der Waals surface area contributed by atoms with Crippen LogP contribution >= 0.6 is 0 Å². The van der Waals surface area contributed by atoms with Crippen LogP contribution in [0.25, 0.3) is 0 Å². The molecule has 1 aliphatic rings. The summed E-state index contributed by atoms with van der Waals surface area (Å²) >= 11 is 0. The van der Waals surface area contributed by atoms with Crippen molar-refractivity contribution in [2.75, 3.05) is 18.1 Å². The molecule has 0 aromatic carbocycles. The molecule has 3 nitrogen and oxygen atoms in total. The van der Waals surface area contributed by atoms with E-state index in [1.165, 1.54) is 0 Å². The van der Waals surface area contributed by atoms with Gasteiger partial charge in [0.25, 0.3) is 0 Å². The van der Waals surface area contributed by atoms with E-state index in [0.29, 0.717) is 23.5 Å². The summed E-state index contributed by atoms with van der Waals surface area (Å²) in [6.07, 6.45) is 4.04. The van der Waals surface area contributed by atoms with Crippen molar-refractivity contribution in [2.45, 2.75) is 45.6 Å². The third-order valence-electron chi connectivity index (χ3n) is 3.16. The molecule has 0 radical (unpaired) electrons. The van der Waals surface area contributed by atoms with Crippen molar-refractivity contribution in [3.05, 3.63) is 0 Å². The lowest BCUT2D eigenvalue weighted by atomic mass is 9.94. The number of nitrogens with one attached hydrogen (secondary N) is 1. The van der Waals surface area contributed by atoms with Crippen molar-refractivity contribution in [2.24, 2.45) is 5.92 Å². The van der Waals surface area contributed by atoms with Crippen LogP contribution in [-0.2, 0) is 9.84 Å². The molecule has 1 saturated heterocycles. The Morgan fingerprint density at radius 1 is 1.40 bits per heavy atom. The van der Waals surface area contributed by atoms with Gasteiger partial charge in [0.15, 0.2) is 9.84 Å². The van der Waals surface area contributed by atoms with E-state index >= 15 is 0 Å². The molecule has 4 heteroatoms. The van der Waals surface area contributed by atoms with Crippen LogP contribution in [0.15, 0.2) is 0 Å². The maximum Gasteiger partial charge on any atom is 0.150 e. The fourth-order valence-electron chi connectivity index (χ4n) is 2.35. The Morgan fingerprint density at radius 2 is 2.13 bits per heavy atom. The lowest BCUT2D eigenvalue weighted by Gasteiger charge is -2.30. The average molecular weight is 233 g/mol. The Labute approximate surface area is 93.6 Å². The zero-order valence-electron chi connectivity index (χ0n) is 9.83. The second-order valence-electron chi connectivity index (χ2n) is 4.49. The van der Waals surface area contributed by atoms with E-state index in [2.05, 4.69) is 19.2 Å². The third-order valence-corrected chi connectivity index (χ3v) is 5.01. The highest BCUT2D eigenvalue weighted by atomic mass is 32.2. The molecule has 0 amide bonds. The largest absolute Gasteiger partial charge is 0.314 e. The lowest BCUT2D eigenvalue weighted by molar-refractivity contribution is 0.339. The molecule has 1 fully saturated rings. The molecule has 15 heavy (non-hydrogen) atoms. The summed E-state index contributed by atoms with van der Waals surface area (Å²) in [6, 6.07) is 0.389. The van der Waals surface area contributed by atoms with Crippen LogP contribution in [-0.4, -0.2) is 32.5 Å². The molecule has 0 spiro atoms. The highest BCUT2D eigenvalue weighted by molar-refractivity contribution is 7.91. The molecule has 2 atom stereocenters. The minimum atomic E-state index is -2.75. The Hall–Kier alpha value is -0.0900. The highest BCUT2D eigenvalue weighted by Crippen LogP contribution is 2.22. The van der Waals surface area contributed by atoms with Gasteiger partial charge in [-0.3, -0.25) is 0 Å². The van der Waals surface area contributed by atoms with E-state index in [-0.39, 0.29) is 0 Å². The first kappa shape index (κ1) is 13.0. The molecule has 0 saturated carbocycles.